The molecule has 0 aromatic heterocycles. The van der Waals surface area contributed by atoms with Crippen molar-refractivity contribution in [2.75, 3.05) is 6.54 Å². The highest BCUT2D eigenvalue weighted by molar-refractivity contribution is 5.75. The Balaban J connectivity index is 0. The van der Waals surface area contributed by atoms with Crippen LogP contribution < -0.4 is 22.9 Å². The van der Waals surface area contributed by atoms with E-state index < -0.39 is 29.6 Å². The predicted molar refractivity (Wildman–Crippen MR) is 77.4 cm³/mol. The van der Waals surface area contributed by atoms with E-state index in [0.29, 0.717) is 19.4 Å². The Morgan fingerprint density at radius 2 is 1.62 bits per heavy atom. The van der Waals surface area contributed by atoms with Crippen molar-refractivity contribution in [3.8, 4) is 0 Å². The van der Waals surface area contributed by atoms with Crippen LogP contribution >= 0.6 is 0 Å². The fourth-order valence-electron chi connectivity index (χ4n) is 0.945. The summed E-state index contributed by atoms with van der Waals surface area (Å²) in [7, 11) is 0. The molecule has 11 N–H and O–H groups in total. The van der Waals surface area contributed by atoms with Gasteiger partial charge in [-0.2, -0.15) is 0 Å². The van der Waals surface area contributed by atoms with Crippen molar-refractivity contribution in [2.24, 2.45) is 27.9 Å². The summed E-state index contributed by atoms with van der Waals surface area (Å²) in [6, 6.07) is -2.03. The molecule has 0 aromatic carbocycles. The Hall–Kier alpha value is -1.91. The van der Waals surface area contributed by atoms with E-state index in [0.717, 1.165) is 0 Å². The van der Waals surface area contributed by atoms with E-state index in [1.165, 1.54) is 13.8 Å². The molecule has 2 atom stereocenters. The standard InChI is InChI=1S/C6H14N4O2.C5H11NO3/c7-4(5(11)12)2-1-3-10-6(8)9;1-5(2,9)3(6)4(7)8/h4H,1-3,7H2,(H,11,12)(H4,8,9,10);3,9H,6H2,1-2H3,(H,7,8)/t4-;/m0./s1. The third-order valence-electron chi connectivity index (χ3n) is 2.31. The van der Waals surface area contributed by atoms with Crippen LogP contribution in [0.25, 0.3) is 0 Å². The van der Waals surface area contributed by atoms with Gasteiger partial charge in [0.25, 0.3) is 0 Å². The molecular weight excluding hydrogens is 282 g/mol. The van der Waals surface area contributed by atoms with Gasteiger partial charge in [0.05, 0.1) is 5.60 Å². The fourth-order valence-corrected chi connectivity index (χ4v) is 0.945. The SMILES string of the molecule is CC(C)(O)C(N)C(=O)O.NC(N)=NCCC[C@H](N)C(=O)O. The van der Waals surface area contributed by atoms with E-state index >= 15 is 0 Å². The largest absolute Gasteiger partial charge is 0.480 e. The van der Waals surface area contributed by atoms with Gasteiger partial charge in [0.1, 0.15) is 12.1 Å². The Bertz CT molecular complexity index is 363. The lowest BCUT2D eigenvalue weighted by Crippen LogP contribution is -2.48. The third-order valence-corrected chi connectivity index (χ3v) is 2.31. The molecule has 0 aromatic rings. The minimum atomic E-state index is -1.34. The lowest BCUT2D eigenvalue weighted by molar-refractivity contribution is -0.144. The second-order valence-electron chi connectivity index (χ2n) is 4.86. The number of aliphatic imine (C=N–C) groups is 1. The van der Waals surface area contributed by atoms with Crippen molar-refractivity contribution in [1.82, 2.24) is 0 Å². The van der Waals surface area contributed by atoms with Crippen LogP contribution in [-0.2, 0) is 9.59 Å². The van der Waals surface area contributed by atoms with E-state index in [2.05, 4.69) is 4.99 Å². The molecule has 10 nitrogen and oxygen atoms in total. The first-order chi connectivity index (χ1) is 9.39. The number of nitrogens with two attached hydrogens (primary N) is 4. The molecule has 0 saturated heterocycles. The van der Waals surface area contributed by atoms with Gasteiger partial charge in [-0.1, -0.05) is 0 Å². The smallest absolute Gasteiger partial charge is 0.323 e. The number of carboxylic acids is 2. The maximum Gasteiger partial charge on any atom is 0.323 e. The van der Waals surface area contributed by atoms with Gasteiger partial charge in [-0.05, 0) is 26.7 Å². The molecule has 0 rings (SSSR count). The summed E-state index contributed by atoms with van der Waals surface area (Å²) >= 11 is 0. The Kier molecular flexibility index (Phi) is 10.1. The highest BCUT2D eigenvalue weighted by Crippen LogP contribution is 2.04. The lowest BCUT2D eigenvalue weighted by atomic mass is 10.0. The molecule has 0 fully saturated rings. The first kappa shape index (κ1) is 21.4. The van der Waals surface area contributed by atoms with Crippen LogP contribution in [0.5, 0.6) is 0 Å². The number of rotatable bonds is 7. The number of aliphatic carboxylic acids is 2. The van der Waals surface area contributed by atoms with Gasteiger partial charge in [0.15, 0.2) is 5.96 Å². The maximum atomic E-state index is 10.2. The first-order valence-electron chi connectivity index (χ1n) is 6.14. The zero-order valence-corrected chi connectivity index (χ0v) is 12.2. The van der Waals surface area contributed by atoms with Crippen LogP contribution in [0, 0.1) is 0 Å². The third kappa shape index (κ3) is 12.9. The molecule has 0 aliphatic carbocycles. The minimum absolute atomic E-state index is 0.0129. The van der Waals surface area contributed by atoms with E-state index in [1.807, 2.05) is 0 Å². The van der Waals surface area contributed by atoms with Crippen molar-refractivity contribution in [2.45, 2.75) is 44.4 Å². The molecule has 0 heterocycles. The second kappa shape index (κ2) is 9.91. The second-order valence-corrected chi connectivity index (χ2v) is 4.86. The van der Waals surface area contributed by atoms with Crippen LogP contribution in [0.15, 0.2) is 4.99 Å². The van der Waals surface area contributed by atoms with E-state index in [9.17, 15) is 9.59 Å². The van der Waals surface area contributed by atoms with Gasteiger partial charge in [-0.25, -0.2) is 0 Å². The molecule has 0 aliphatic rings. The number of hydrogen-bond acceptors (Lipinski definition) is 6. The molecule has 0 bridgehead atoms. The van der Waals surface area contributed by atoms with Gasteiger partial charge in [0.2, 0.25) is 0 Å². The molecule has 0 saturated carbocycles. The summed E-state index contributed by atoms with van der Waals surface area (Å²) in [6.45, 7) is 3.13. The molecule has 0 radical (unpaired) electrons. The highest BCUT2D eigenvalue weighted by Gasteiger charge is 2.28. The summed E-state index contributed by atoms with van der Waals surface area (Å²) in [5, 5.41) is 25.6. The lowest BCUT2D eigenvalue weighted by Gasteiger charge is -2.20. The van der Waals surface area contributed by atoms with Crippen LogP contribution in [0.1, 0.15) is 26.7 Å². The molecule has 0 spiro atoms. The van der Waals surface area contributed by atoms with E-state index in [4.69, 9.17) is 38.3 Å². The highest BCUT2D eigenvalue weighted by atomic mass is 16.4. The molecule has 0 amide bonds. The van der Waals surface area contributed by atoms with Crippen molar-refractivity contribution in [1.29, 1.82) is 0 Å². The molecular formula is C11H25N5O5. The number of nitrogens with zero attached hydrogens (tertiary/aromatic N) is 1. The van der Waals surface area contributed by atoms with Gasteiger partial charge in [-0.15, -0.1) is 0 Å². The van der Waals surface area contributed by atoms with Crippen molar-refractivity contribution >= 4 is 17.9 Å². The van der Waals surface area contributed by atoms with Crippen LogP contribution in [0.3, 0.4) is 0 Å². The molecule has 124 valence electrons. The molecule has 1 unspecified atom stereocenters. The monoisotopic (exact) mass is 307 g/mol. The predicted octanol–water partition coefficient (Wildman–Crippen LogP) is -2.38. The van der Waals surface area contributed by atoms with Crippen molar-refractivity contribution < 1.29 is 24.9 Å². The summed E-state index contributed by atoms with van der Waals surface area (Å²) in [5.41, 5.74) is 19.0. The van der Waals surface area contributed by atoms with Gasteiger partial charge in [-0.3, -0.25) is 14.6 Å². The zero-order chi connectivity index (χ0) is 17.2. The normalized spacial score (nSPS) is 13.4. The number of guanidine groups is 1. The van der Waals surface area contributed by atoms with Gasteiger partial charge >= 0.3 is 11.9 Å². The summed E-state index contributed by atoms with van der Waals surface area (Å²) in [4.78, 5) is 24.0. The average molecular weight is 307 g/mol. The quantitative estimate of drug-likeness (QED) is 0.152. The number of aliphatic hydroxyl groups is 1. The maximum absolute atomic E-state index is 10.2. The van der Waals surface area contributed by atoms with Crippen LogP contribution in [0.2, 0.25) is 0 Å². The van der Waals surface area contributed by atoms with Crippen molar-refractivity contribution in [3.63, 3.8) is 0 Å². The number of hydrogen-bond donors (Lipinski definition) is 7. The molecule has 10 heteroatoms. The van der Waals surface area contributed by atoms with Gasteiger partial charge < -0.3 is 38.3 Å². The zero-order valence-electron chi connectivity index (χ0n) is 12.2. The van der Waals surface area contributed by atoms with Gasteiger partial charge in [0, 0.05) is 6.54 Å². The van der Waals surface area contributed by atoms with Crippen LogP contribution in [-0.4, -0.2) is 57.4 Å². The van der Waals surface area contributed by atoms with Crippen LogP contribution in [0.4, 0.5) is 0 Å². The Morgan fingerprint density at radius 3 is 1.86 bits per heavy atom. The summed E-state index contributed by atoms with van der Waals surface area (Å²) < 4.78 is 0. The average Bonchev–Trinajstić information content (AvgIpc) is 2.32. The fraction of sp³-hybridized carbons (Fsp3) is 0.727. The Morgan fingerprint density at radius 1 is 1.14 bits per heavy atom. The first-order valence-corrected chi connectivity index (χ1v) is 6.14. The van der Waals surface area contributed by atoms with E-state index in [-0.39, 0.29) is 5.96 Å². The van der Waals surface area contributed by atoms with Crippen molar-refractivity contribution in [3.05, 3.63) is 0 Å². The topological polar surface area (TPSA) is 211 Å². The molecule has 0 aliphatic heterocycles. The molecule has 21 heavy (non-hydrogen) atoms. The Labute approximate surface area is 122 Å². The number of carbonyl (C=O) groups is 2. The van der Waals surface area contributed by atoms with E-state index in [1.54, 1.807) is 0 Å². The summed E-state index contributed by atoms with van der Waals surface area (Å²) in [5.74, 6) is -2.18. The summed E-state index contributed by atoms with van der Waals surface area (Å²) in [6.07, 6.45) is 0.956. The number of carboxylic acid groups (broad SMARTS) is 2. The minimum Gasteiger partial charge on any atom is -0.480 e.